The number of nitrogens with one attached hydrogen (secondary N) is 1. The lowest BCUT2D eigenvalue weighted by Gasteiger charge is -2.07. The standard InChI is InChI=1S/C13H17N5O2/c1-2-17-8-11(5-6-13(17)20)16-12(19)4-3-7-18-10-14-9-15-18/h5-6,8-10H,2-4,7H2,1H3,(H,16,19). The number of carbonyl (C=O) groups excluding carboxylic acids is 1. The van der Waals surface area contributed by atoms with Gasteiger partial charge in [-0.15, -0.1) is 0 Å². The minimum Gasteiger partial charge on any atom is -0.325 e. The molecular formula is C13H17N5O2. The SMILES string of the molecule is CCn1cc(NC(=O)CCCn2cncn2)ccc1=O. The summed E-state index contributed by atoms with van der Waals surface area (Å²) in [5, 5.41) is 6.75. The van der Waals surface area contributed by atoms with Crippen LogP contribution in [0.15, 0.2) is 35.8 Å². The van der Waals surface area contributed by atoms with Crippen molar-refractivity contribution in [2.75, 3.05) is 5.32 Å². The Morgan fingerprint density at radius 3 is 2.95 bits per heavy atom. The first-order chi connectivity index (χ1) is 9.69. The maximum absolute atomic E-state index is 11.8. The molecule has 7 heteroatoms. The Balaban J connectivity index is 1.83. The van der Waals surface area contributed by atoms with Crippen LogP contribution in [0.25, 0.3) is 0 Å². The van der Waals surface area contributed by atoms with Crippen molar-refractivity contribution in [2.24, 2.45) is 0 Å². The van der Waals surface area contributed by atoms with Crippen molar-refractivity contribution in [1.29, 1.82) is 0 Å². The zero-order chi connectivity index (χ0) is 14.4. The zero-order valence-electron chi connectivity index (χ0n) is 11.3. The molecule has 0 unspecified atom stereocenters. The summed E-state index contributed by atoms with van der Waals surface area (Å²) in [5.41, 5.74) is 0.564. The van der Waals surface area contributed by atoms with Gasteiger partial charge in [-0.05, 0) is 19.4 Å². The summed E-state index contributed by atoms with van der Waals surface area (Å²) in [6.07, 6.45) is 5.81. The van der Waals surface area contributed by atoms with Gasteiger partial charge in [0.2, 0.25) is 5.91 Å². The number of carbonyl (C=O) groups is 1. The van der Waals surface area contributed by atoms with Crippen LogP contribution in [0.5, 0.6) is 0 Å². The molecule has 2 aromatic heterocycles. The molecule has 2 aromatic rings. The highest BCUT2D eigenvalue weighted by Crippen LogP contribution is 2.05. The highest BCUT2D eigenvalue weighted by atomic mass is 16.1. The number of aryl methyl sites for hydroxylation is 2. The van der Waals surface area contributed by atoms with E-state index in [1.165, 1.54) is 12.4 Å². The smallest absolute Gasteiger partial charge is 0.250 e. The third-order valence-corrected chi connectivity index (χ3v) is 2.87. The number of aromatic nitrogens is 4. The number of anilines is 1. The van der Waals surface area contributed by atoms with Crippen LogP contribution in [0, 0.1) is 0 Å². The van der Waals surface area contributed by atoms with Gasteiger partial charge in [0.05, 0.1) is 5.69 Å². The topological polar surface area (TPSA) is 81.8 Å². The van der Waals surface area contributed by atoms with Crippen molar-refractivity contribution in [3.05, 3.63) is 41.3 Å². The Labute approximate surface area is 116 Å². The summed E-state index contributed by atoms with van der Waals surface area (Å²) >= 11 is 0. The van der Waals surface area contributed by atoms with E-state index < -0.39 is 0 Å². The minimum absolute atomic E-state index is 0.0725. The van der Waals surface area contributed by atoms with E-state index in [1.54, 1.807) is 27.8 Å². The second kappa shape index (κ2) is 6.65. The Morgan fingerprint density at radius 1 is 1.40 bits per heavy atom. The molecule has 0 atom stereocenters. The third-order valence-electron chi connectivity index (χ3n) is 2.87. The van der Waals surface area contributed by atoms with Crippen molar-refractivity contribution < 1.29 is 4.79 Å². The maximum atomic E-state index is 11.8. The average molecular weight is 275 g/mol. The lowest BCUT2D eigenvalue weighted by Crippen LogP contribution is -2.19. The fourth-order valence-electron chi connectivity index (χ4n) is 1.83. The second-order valence-corrected chi connectivity index (χ2v) is 4.35. The third kappa shape index (κ3) is 3.78. The van der Waals surface area contributed by atoms with Crippen molar-refractivity contribution in [1.82, 2.24) is 19.3 Å². The molecule has 2 rings (SSSR count). The predicted molar refractivity (Wildman–Crippen MR) is 74.3 cm³/mol. The molecule has 0 aliphatic heterocycles. The minimum atomic E-state index is -0.0774. The van der Waals surface area contributed by atoms with Gasteiger partial charge in [-0.25, -0.2) is 4.98 Å². The van der Waals surface area contributed by atoms with Crippen LogP contribution in [0.2, 0.25) is 0 Å². The monoisotopic (exact) mass is 275 g/mol. The molecule has 0 spiro atoms. The molecule has 20 heavy (non-hydrogen) atoms. The summed E-state index contributed by atoms with van der Waals surface area (Å²) in [6.45, 7) is 3.11. The molecule has 0 aliphatic rings. The molecule has 0 aromatic carbocycles. The molecule has 106 valence electrons. The van der Waals surface area contributed by atoms with Crippen LogP contribution in [0.3, 0.4) is 0 Å². The van der Waals surface area contributed by atoms with Crippen LogP contribution < -0.4 is 10.9 Å². The summed E-state index contributed by atoms with van der Waals surface area (Å²) in [4.78, 5) is 27.0. The van der Waals surface area contributed by atoms with Gasteiger partial charge in [0.1, 0.15) is 12.7 Å². The molecular weight excluding hydrogens is 258 g/mol. The van der Waals surface area contributed by atoms with E-state index in [0.29, 0.717) is 31.6 Å². The molecule has 0 radical (unpaired) electrons. The highest BCUT2D eigenvalue weighted by Gasteiger charge is 2.04. The van der Waals surface area contributed by atoms with Crippen LogP contribution in [-0.4, -0.2) is 25.2 Å². The van der Waals surface area contributed by atoms with Gasteiger partial charge in [-0.3, -0.25) is 14.3 Å². The van der Waals surface area contributed by atoms with E-state index in [4.69, 9.17) is 0 Å². The lowest BCUT2D eigenvalue weighted by atomic mass is 10.3. The number of amides is 1. The molecule has 0 saturated heterocycles. The fourth-order valence-corrected chi connectivity index (χ4v) is 1.83. The van der Waals surface area contributed by atoms with Crippen LogP contribution >= 0.6 is 0 Å². The van der Waals surface area contributed by atoms with Crippen molar-refractivity contribution in [2.45, 2.75) is 32.9 Å². The first kappa shape index (κ1) is 14.0. The summed E-state index contributed by atoms with van der Waals surface area (Å²) in [7, 11) is 0. The number of rotatable bonds is 6. The van der Waals surface area contributed by atoms with Gasteiger partial charge >= 0.3 is 0 Å². The van der Waals surface area contributed by atoms with Crippen LogP contribution in [0.4, 0.5) is 5.69 Å². The van der Waals surface area contributed by atoms with Crippen molar-refractivity contribution in [3.8, 4) is 0 Å². The Hall–Kier alpha value is -2.44. The Kier molecular flexibility index (Phi) is 4.65. The van der Waals surface area contributed by atoms with E-state index in [1.807, 2.05) is 6.92 Å². The first-order valence-electron chi connectivity index (χ1n) is 6.52. The molecule has 0 bridgehead atoms. The van der Waals surface area contributed by atoms with E-state index >= 15 is 0 Å². The van der Waals surface area contributed by atoms with Gasteiger partial charge in [-0.2, -0.15) is 5.10 Å². The molecule has 1 N–H and O–H groups in total. The van der Waals surface area contributed by atoms with Gasteiger partial charge in [0.25, 0.3) is 5.56 Å². The number of nitrogens with zero attached hydrogens (tertiary/aromatic N) is 4. The van der Waals surface area contributed by atoms with Crippen LogP contribution in [0.1, 0.15) is 19.8 Å². The van der Waals surface area contributed by atoms with E-state index in [-0.39, 0.29) is 11.5 Å². The first-order valence-corrected chi connectivity index (χ1v) is 6.52. The van der Waals surface area contributed by atoms with Crippen molar-refractivity contribution in [3.63, 3.8) is 0 Å². The van der Waals surface area contributed by atoms with Gasteiger partial charge in [-0.1, -0.05) is 0 Å². The van der Waals surface area contributed by atoms with E-state index in [0.717, 1.165) is 0 Å². The maximum Gasteiger partial charge on any atom is 0.250 e. The fraction of sp³-hybridized carbons (Fsp3) is 0.385. The van der Waals surface area contributed by atoms with Crippen LogP contribution in [-0.2, 0) is 17.9 Å². The number of pyridine rings is 1. The molecule has 2 heterocycles. The lowest BCUT2D eigenvalue weighted by molar-refractivity contribution is -0.116. The highest BCUT2D eigenvalue weighted by molar-refractivity contribution is 5.90. The van der Waals surface area contributed by atoms with Gasteiger partial charge < -0.3 is 9.88 Å². The van der Waals surface area contributed by atoms with E-state index in [2.05, 4.69) is 15.4 Å². The largest absolute Gasteiger partial charge is 0.325 e. The second-order valence-electron chi connectivity index (χ2n) is 4.35. The van der Waals surface area contributed by atoms with Gasteiger partial charge in [0.15, 0.2) is 0 Å². The normalized spacial score (nSPS) is 10.4. The zero-order valence-corrected chi connectivity index (χ0v) is 11.3. The predicted octanol–water partition coefficient (Wildman–Crippen LogP) is 0.879. The molecule has 1 amide bonds. The summed E-state index contributed by atoms with van der Waals surface area (Å²) < 4.78 is 3.23. The Bertz CT molecular complexity index is 618. The summed E-state index contributed by atoms with van der Waals surface area (Å²) in [6, 6.07) is 3.07. The number of hydrogen-bond donors (Lipinski definition) is 1. The van der Waals surface area contributed by atoms with Gasteiger partial charge in [0, 0.05) is 31.8 Å². The molecule has 0 fully saturated rings. The molecule has 7 nitrogen and oxygen atoms in total. The van der Waals surface area contributed by atoms with E-state index in [9.17, 15) is 9.59 Å². The van der Waals surface area contributed by atoms with Crippen molar-refractivity contribution >= 4 is 11.6 Å². The quantitative estimate of drug-likeness (QED) is 0.848. The summed E-state index contributed by atoms with van der Waals surface area (Å²) in [5.74, 6) is -0.0774. The molecule has 0 aliphatic carbocycles. The average Bonchev–Trinajstić information content (AvgIpc) is 2.94. The molecule has 0 saturated carbocycles. The Morgan fingerprint density at radius 2 is 2.25 bits per heavy atom. The number of hydrogen-bond acceptors (Lipinski definition) is 4.